The van der Waals surface area contributed by atoms with Crippen molar-refractivity contribution < 1.29 is 24.2 Å². The Labute approximate surface area is 182 Å². The second kappa shape index (κ2) is 9.60. The van der Waals surface area contributed by atoms with E-state index in [1.807, 2.05) is 6.07 Å². The lowest BCUT2D eigenvalue weighted by molar-refractivity contribution is -0.137. The number of carbonyl (C=O) groups excluding carboxylic acids is 1. The van der Waals surface area contributed by atoms with E-state index < -0.39 is 17.9 Å². The number of thiazole rings is 1. The van der Waals surface area contributed by atoms with E-state index in [0.717, 1.165) is 5.56 Å². The molecule has 0 saturated carbocycles. The maximum atomic E-state index is 12.8. The summed E-state index contributed by atoms with van der Waals surface area (Å²) in [6, 6.07) is 11.4. The first-order valence-electron chi connectivity index (χ1n) is 8.88. The molecule has 2 N–H and O–H groups in total. The molecule has 0 unspecified atom stereocenters. The number of halogens is 1. The van der Waals surface area contributed by atoms with Crippen molar-refractivity contribution >= 4 is 34.8 Å². The molecule has 3 rings (SSSR count). The molecule has 7 nitrogen and oxygen atoms in total. The number of carboxylic acids is 1. The number of ether oxygens (including phenoxy) is 2. The SMILES string of the molecule is COc1cccc([C@H](CC(=O)O)NC(=O)c2csc(-c3cccc(Cl)c3)n2)c1OC. The summed E-state index contributed by atoms with van der Waals surface area (Å²) in [5.41, 5.74) is 1.48. The van der Waals surface area contributed by atoms with Crippen LogP contribution in [0.4, 0.5) is 0 Å². The number of aliphatic carboxylic acids is 1. The van der Waals surface area contributed by atoms with Gasteiger partial charge in [0.25, 0.3) is 5.91 Å². The highest BCUT2D eigenvalue weighted by molar-refractivity contribution is 7.13. The van der Waals surface area contributed by atoms with Crippen molar-refractivity contribution in [3.05, 3.63) is 64.1 Å². The van der Waals surface area contributed by atoms with Crippen molar-refractivity contribution in [1.82, 2.24) is 10.3 Å². The number of benzene rings is 2. The molecule has 0 aliphatic heterocycles. The molecule has 0 aliphatic rings. The topological polar surface area (TPSA) is 97.8 Å². The van der Waals surface area contributed by atoms with Crippen LogP contribution in [-0.2, 0) is 4.79 Å². The molecule has 0 radical (unpaired) electrons. The van der Waals surface area contributed by atoms with E-state index in [1.54, 1.807) is 41.8 Å². The fraction of sp³-hybridized carbons (Fsp3) is 0.190. The number of hydrogen-bond donors (Lipinski definition) is 2. The van der Waals surface area contributed by atoms with Crippen LogP contribution in [0.15, 0.2) is 47.8 Å². The van der Waals surface area contributed by atoms with Crippen LogP contribution >= 0.6 is 22.9 Å². The van der Waals surface area contributed by atoms with Gasteiger partial charge in [-0.1, -0.05) is 35.9 Å². The van der Waals surface area contributed by atoms with Gasteiger partial charge in [0.15, 0.2) is 11.5 Å². The number of carbonyl (C=O) groups is 2. The fourth-order valence-corrected chi connectivity index (χ4v) is 3.95. The average molecular weight is 447 g/mol. The summed E-state index contributed by atoms with van der Waals surface area (Å²) in [4.78, 5) is 28.6. The smallest absolute Gasteiger partial charge is 0.305 e. The van der Waals surface area contributed by atoms with Gasteiger partial charge in [0, 0.05) is 21.5 Å². The molecule has 2 aromatic carbocycles. The molecule has 1 heterocycles. The van der Waals surface area contributed by atoms with Gasteiger partial charge >= 0.3 is 5.97 Å². The Morgan fingerprint density at radius 1 is 1.20 bits per heavy atom. The van der Waals surface area contributed by atoms with E-state index in [9.17, 15) is 14.7 Å². The van der Waals surface area contributed by atoms with E-state index in [4.69, 9.17) is 21.1 Å². The minimum absolute atomic E-state index is 0.187. The van der Waals surface area contributed by atoms with Crippen molar-refractivity contribution in [3.63, 3.8) is 0 Å². The van der Waals surface area contributed by atoms with Gasteiger partial charge in [-0.25, -0.2) is 4.98 Å². The van der Waals surface area contributed by atoms with E-state index in [0.29, 0.717) is 27.1 Å². The Hall–Kier alpha value is -3.10. The minimum atomic E-state index is -1.07. The summed E-state index contributed by atoms with van der Waals surface area (Å²) in [6.45, 7) is 0. The van der Waals surface area contributed by atoms with Crippen LogP contribution < -0.4 is 14.8 Å². The summed E-state index contributed by atoms with van der Waals surface area (Å²) in [5, 5.41) is 14.9. The van der Waals surface area contributed by atoms with Crippen LogP contribution in [0.2, 0.25) is 5.02 Å². The Bertz CT molecular complexity index is 1070. The number of methoxy groups -OCH3 is 2. The second-order valence-electron chi connectivity index (χ2n) is 6.25. The zero-order chi connectivity index (χ0) is 21.7. The van der Waals surface area contributed by atoms with Gasteiger partial charge in [-0.3, -0.25) is 9.59 Å². The van der Waals surface area contributed by atoms with Gasteiger partial charge in [0.2, 0.25) is 0 Å². The zero-order valence-electron chi connectivity index (χ0n) is 16.2. The molecule has 0 aliphatic carbocycles. The van der Waals surface area contributed by atoms with Gasteiger partial charge in [0.05, 0.1) is 26.7 Å². The Balaban J connectivity index is 1.88. The quantitative estimate of drug-likeness (QED) is 0.531. The van der Waals surface area contributed by atoms with E-state index in [1.165, 1.54) is 25.6 Å². The molecule has 3 aromatic rings. The third-order valence-electron chi connectivity index (χ3n) is 4.30. The molecule has 0 fully saturated rings. The number of amides is 1. The third kappa shape index (κ3) is 4.90. The largest absolute Gasteiger partial charge is 0.493 e. The number of hydrogen-bond acceptors (Lipinski definition) is 6. The highest BCUT2D eigenvalue weighted by Gasteiger charge is 2.25. The maximum Gasteiger partial charge on any atom is 0.305 e. The van der Waals surface area contributed by atoms with Crippen molar-refractivity contribution in [2.45, 2.75) is 12.5 Å². The van der Waals surface area contributed by atoms with Gasteiger partial charge in [-0.05, 0) is 18.2 Å². The molecule has 1 atom stereocenters. The molecule has 0 bridgehead atoms. The van der Waals surface area contributed by atoms with Crippen LogP contribution in [0.1, 0.15) is 28.5 Å². The molecular weight excluding hydrogens is 428 g/mol. The van der Waals surface area contributed by atoms with E-state index >= 15 is 0 Å². The van der Waals surface area contributed by atoms with Crippen molar-refractivity contribution in [3.8, 4) is 22.1 Å². The van der Waals surface area contributed by atoms with Crippen molar-refractivity contribution in [1.29, 1.82) is 0 Å². The summed E-state index contributed by atoms with van der Waals surface area (Å²) < 4.78 is 10.7. The lowest BCUT2D eigenvalue weighted by Gasteiger charge is -2.21. The molecule has 30 heavy (non-hydrogen) atoms. The average Bonchev–Trinajstić information content (AvgIpc) is 3.22. The highest BCUT2D eigenvalue weighted by Crippen LogP contribution is 2.36. The Kier molecular flexibility index (Phi) is 6.91. The minimum Gasteiger partial charge on any atom is -0.493 e. The van der Waals surface area contributed by atoms with Crippen LogP contribution in [0, 0.1) is 0 Å². The number of nitrogens with one attached hydrogen (secondary N) is 1. The number of nitrogens with zero attached hydrogens (tertiary/aromatic N) is 1. The molecule has 9 heteroatoms. The number of aromatic nitrogens is 1. The number of para-hydroxylation sites is 1. The lowest BCUT2D eigenvalue weighted by atomic mass is 10.0. The Morgan fingerprint density at radius 3 is 2.63 bits per heavy atom. The molecule has 0 saturated heterocycles. The molecule has 0 spiro atoms. The summed E-state index contributed by atoms with van der Waals surface area (Å²) >= 11 is 7.32. The normalized spacial score (nSPS) is 11.6. The van der Waals surface area contributed by atoms with Gasteiger partial charge in [-0.15, -0.1) is 11.3 Å². The monoisotopic (exact) mass is 446 g/mol. The standard InChI is InChI=1S/C21H19ClN2O5S/c1-28-17-8-4-7-14(19(17)29-2)15(10-18(25)26)23-20(27)16-11-30-21(24-16)12-5-3-6-13(22)9-12/h3-9,11,15H,10H2,1-2H3,(H,23,27)(H,25,26)/t15-/m0/s1. The molecule has 156 valence electrons. The summed E-state index contributed by atoms with van der Waals surface area (Å²) in [6.07, 6.45) is -0.333. The summed E-state index contributed by atoms with van der Waals surface area (Å²) in [7, 11) is 2.94. The van der Waals surface area contributed by atoms with Gasteiger partial charge < -0.3 is 19.9 Å². The first-order chi connectivity index (χ1) is 14.4. The van der Waals surface area contributed by atoms with Gasteiger partial charge in [0.1, 0.15) is 10.7 Å². The van der Waals surface area contributed by atoms with E-state index in [-0.39, 0.29) is 12.1 Å². The Morgan fingerprint density at radius 2 is 1.97 bits per heavy atom. The number of rotatable bonds is 8. The first kappa shape index (κ1) is 21.6. The van der Waals surface area contributed by atoms with Crippen molar-refractivity contribution in [2.24, 2.45) is 0 Å². The van der Waals surface area contributed by atoms with E-state index in [2.05, 4.69) is 10.3 Å². The zero-order valence-corrected chi connectivity index (χ0v) is 17.8. The predicted molar refractivity (Wildman–Crippen MR) is 115 cm³/mol. The first-order valence-corrected chi connectivity index (χ1v) is 10.1. The summed E-state index contributed by atoms with van der Waals surface area (Å²) in [5.74, 6) is -0.750. The van der Waals surface area contributed by atoms with Crippen LogP contribution in [0.3, 0.4) is 0 Å². The van der Waals surface area contributed by atoms with Crippen LogP contribution in [0.5, 0.6) is 11.5 Å². The molecule has 1 aromatic heterocycles. The second-order valence-corrected chi connectivity index (χ2v) is 7.55. The van der Waals surface area contributed by atoms with Gasteiger partial charge in [-0.2, -0.15) is 0 Å². The third-order valence-corrected chi connectivity index (χ3v) is 5.43. The highest BCUT2D eigenvalue weighted by atomic mass is 35.5. The number of carboxylic acid groups (broad SMARTS) is 1. The molecular formula is C21H19ClN2O5S. The van der Waals surface area contributed by atoms with Crippen LogP contribution in [0.25, 0.3) is 10.6 Å². The van der Waals surface area contributed by atoms with Crippen molar-refractivity contribution in [2.75, 3.05) is 14.2 Å². The lowest BCUT2D eigenvalue weighted by Crippen LogP contribution is -2.30. The molecule has 1 amide bonds. The predicted octanol–water partition coefficient (Wildman–Crippen LogP) is 4.43. The van der Waals surface area contributed by atoms with Crippen LogP contribution in [-0.4, -0.2) is 36.2 Å². The maximum absolute atomic E-state index is 12.8. The fourth-order valence-electron chi connectivity index (χ4n) is 2.96.